The van der Waals surface area contributed by atoms with Gasteiger partial charge in [-0.2, -0.15) is 0 Å². The second-order valence-corrected chi connectivity index (χ2v) is 5.70. The highest BCUT2D eigenvalue weighted by Crippen LogP contribution is 2.32. The molecule has 7 nitrogen and oxygen atoms in total. The number of hydrogen-bond donors (Lipinski definition) is 2. The van der Waals surface area contributed by atoms with Gasteiger partial charge in [0.2, 0.25) is 0 Å². The third-order valence-corrected chi connectivity index (χ3v) is 4.03. The maximum absolute atomic E-state index is 11.6. The zero-order valence-electron chi connectivity index (χ0n) is 13.9. The summed E-state index contributed by atoms with van der Waals surface area (Å²) in [6, 6.07) is 8.42. The number of rotatable bonds is 7. The molecule has 2 N–H and O–H groups in total. The topological polar surface area (TPSA) is 93.2 Å². The van der Waals surface area contributed by atoms with Gasteiger partial charge in [-0.25, -0.2) is 14.8 Å². The van der Waals surface area contributed by atoms with Crippen LogP contribution in [0.3, 0.4) is 0 Å². The smallest absolute Gasteiger partial charge is 0.329 e. The van der Waals surface area contributed by atoms with Gasteiger partial charge in [-0.05, 0) is 6.42 Å². The lowest BCUT2D eigenvalue weighted by Gasteiger charge is -2.16. The SMILES string of the molecule is CCCn1ccnc1-c1c(-c2ccccc2)ncn1C(CO)C(=O)O. The molecule has 0 aliphatic heterocycles. The molecule has 0 radical (unpaired) electrons. The first-order valence-corrected chi connectivity index (χ1v) is 8.14. The average Bonchev–Trinajstić information content (AvgIpc) is 3.23. The number of carbonyl (C=O) groups is 1. The third-order valence-electron chi connectivity index (χ3n) is 4.03. The van der Waals surface area contributed by atoms with Crippen LogP contribution in [0.5, 0.6) is 0 Å². The van der Waals surface area contributed by atoms with Crippen molar-refractivity contribution in [1.82, 2.24) is 19.1 Å². The molecule has 0 fully saturated rings. The summed E-state index contributed by atoms with van der Waals surface area (Å²) in [7, 11) is 0. The first kappa shape index (κ1) is 16.9. The van der Waals surface area contributed by atoms with Crippen LogP contribution in [0.2, 0.25) is 0 Å². The fraction of sp³-hybridized carbons (Fsp3) is 0.278. The lowest BCUT2D eigenvalue weighted by molar-refractivity contribution is -0.142. The maximum atomic E-state index is 11.6. The van der Waals surface area contributed by atoms with Crippen molar-refractivity contribution in [3.05, 3.63) is 49.1 Å². The fourth-order valence-corrected chi connectivity index (χ4v) is 2.86. The Morgan fingerprint density at radius 3 is 2.64 bits per heavy atom. The number of benzene rings is 1. The van der Waals surface area contributed by atoms with E-state index in [4.69, 9.17) is 0 Å². The van der Waals surface area contributed by atoms with Gasteiger partial charge in [0.1, 0.15) is 5.69 Å². The molecule has 0 spiro atoms. The van der Waals surface area contributed by atoms with E-state index in [0.29, 0.717) is 17.2 Å². The molecule has 1 unspecified atom stereocenters. The molecule has 0 saturated carbocycles. The molecule has 2 heterocycles. The number of hydrogen-bond acceptors (Lipinski definition) is 4. The molecule has 1 atom stereocenters. The molecule has 0 bridgehead atoms. The van der Waals surface area contributed by atoms with Crippen LogP contribution in [-0.4, -0.2) is 41.9 Å². The molecule has 3 aromatic rings. The molecule has 0 aliphatic rings. The molecule has 0 amide bonds. The Bertz CT molecular complexity index is 854. The van der Waals surface area contributed by atoms with E-state index in [2.05, 4.69) is 16.9 Å². The van der Waals surface area contributed by atoms with Crippen LogP contribution in [0, 0.1) is 0 Å². The molecular weight excluding hydrogens is 320 g/mol. The minimum atomic E-state index is -1.12. The lowest BCUT2D eigenvalue weighted by atomic mass is 10.1. The van der Waals surface area contributed by atoms with E-state index in [1.165, 1.54) is 10.9 Å². The number of aliphatic hydroxyl groups excluding tert-OH is 1. The summed E-state index contributed by atoms with van der Waals surface area (Å²) < 4.78 is 3.45. The molecular formula is C18H20N4O3. The van der Waals surface area contributed by atoms with E-state index in [-0.39, 0.29) is 0 Å². The Morgan fingerprint density at radius 2 is 2.00 bits per heavy atom. The molecule has 7 heteroatoms. The summed E-state index contributed by atoms with van der Waals surface area (Å²) in [5, 5.41) is 19.0. The number of carboxylic acids is 1. The van der Waals surface area contributed by atoms with Crippen LogP contribution in [0.4, 0.5) is 0 Å². The highest BCUT2D eigenvalue weighted by atomic mass is 16.4. The Morgan fingerprint density at radius 1 is 1.24 bits per heavy atom. The first-order chi connectivity index (χ1) is 12.2. The van der Waals surface area contributed by atoms with Crippen molar-refractivity contribution in [2.24, 2.45) is 0 Å². The number of aliphatic carboxylic acids is 1. The van der Waals surface area contributed by atoms with Gasteiger partial charge in [0.05, 0.1) is 18.6 Å². The van der Waals surface area contributed by atoms with E-state index in [1.54, 1.807) is 6.20 Å². The summed E-state index contributed by atoms with van der Waals surface area (Å²) in [4.78, 5) is 20.4. The summed E-state index contributed by atoms with van der Waals surface area (Å²) >= 11 is 0. The Labute approximate surface area is 145 Å². The molecule has 25 heavy (non-hydrogen) atoms. The molecule has 130 valence electrons. The minimum Gasteiger partial charge on any atom is -0.480 e. The monoisotopic (exact) mass is 340 g/mol. The largest absolute Gasteiger partial charge is 0.480 e. The van der Waals surface area contributed by atoms with E-state index in [0.717, 1.165) is 18.5 Å². The Kier molecular flexibility index (Phi) is 4.95. The van der Waals surface area contributed by atoms with Crippen molar-refractivity contribution in [1.29, 1.82) is 0 Å². The highest BCUT2D eigenvalue weighted by molar-refractivity contribution is 5.79. The first-order valence-electron chi connectivity index (χ1n) is 8.14. The second kappa shape index (κ2) is 7.31. The van der Waals surface area contributed by atoms with Gasteiger partial charge in [-0.15, -0.1) is 0 Å². The van der Waals surface area contributed by atoms with Crippen LogP contribution in [0.25, 0.3) is 22.8 Å². The van der Waals surface area contributed by atoms with Gasteiger partial charge in [-0.3, -0.25) is 0 Å². The Balaban J connectivity index is 2.23. The van der Waals surface area contributed by atoms with Crippen LogP contribution in [0.1, 0.15) is 19.4 Å². The van der Waals surface area contributed by atoms with Gasteiger partial charge in [0.25, 0.3) is 0 Å². The zero-order chi connectivity index (χ0) is 17.8. The predicted molar refractivity (Wildman–Crippen MR) is 92.9 cm³/mol. The van der Waals surface area contributed by atoms with Crippen LogP contribution < -0.4 is 0 Å². The quantitative estimate of drug-likeness (QED) is 0.689. The van der Waals surface area contributed by atoms with Crippen molar-refractivity contribution < 1.29 is 15.0 Å². The van der Waals surface area contributed by atoms with Crippen LogP contribution in [0.15, 0.2) is 49.1 Å². The van der Waals surface area contributed by atoms with Gasteiger partial charge in [0, 0.05) is 24.5 Å². The minimum absolute atomic E-state index is 0.526. The van der Waals surface area contributed by atoms with Gasteiger partial charge in [0.15, 0.2) is 11.9 Å². The summed E-state index contributed by atoms with van der Waals surface area (Å²) in [6.45, 7) is 2.29. The van der Waals surface area contributed by atoms with E-state index >= 15 is 0 Å². The number of nitrogens with zero attached hydrogens (tertiary/aromatic N) is 4. The van der Waals surface area contributed by atoms with E-state index < -0.39 is 18.6 Å². The van der Waals surface area contributed by atoms with Crippen LogP contribution in [-0.2, 0) is 11.3 Å². The van der Waals surface area contributed by atoms with Crippen molar-refractivity contribution in [2.45, 2.75) is 25.9 Å². The number of aryl methyl sites for hydroxylation is 1. The normalized spacial score (nSPS) is 12.2. The summed E-state index contributed by atoms with van der Waals surface area (Å²) in [5.74, 6) is -0.479. The Hall–Kier alpha value is -2.93. The second-order valence-electron chi connectivity index (χ2n) is 5.70. The van der Waals surface area contributed by atoms with Gasteiger partial charge < -0.3 is 19.3 Å². The van der Waals surface area contributed by atoms with Gasteiger partial charge in [-0.1, -0.05) is 37.3 Å². The number of imidazole rings is 2. The summed E-state index contributed by atoms with van der Waals surface area (Å²) in [5.41, 5.74) is 2.10. The van der Waals surface area contributed by atoms with Crippen molar-refractivity contribution >= 4 is 5.97 Å². The molecule has 1 aromatic carbocycles. The van der Waals surface area contributed by atoms with E-state index in [1.807, 2.05) is 41.1 Å². The van der Waals surface area contributed by atoms with Crippen molar-refractivity contribution in [3.63, 3.8) is 0 Å². The summed E-state index contributed by atoms with van der Waals surface area (Å²) in [6.07, 6.45) is 5.92. The van der Waals surface area contributed by atoms with E-state index in [9.17, 15) is 15.0 Å². The molecule has 0 saturated heterocycles. The standard InChI is InChI=1S/C18H20N4O3/c1-2-9-21-10-8-19-17(21)16-15(13-6-4-3-5-7-13)20-12-22(16)14(11-23)18(24)25/h3-8,10,12,14,23H,2,9,11H2,1H3,(H,24,25). The molecule has 3 rings (SSSR count). The molecule has 0 aliphatic carbocycles. The van der Waals surface area contributed by atoms with Crippen molar-refractivity contribution in [3.8, 4) is 22.8 Å². The number of aliphatic hydroxyl groups is 1. The average molecular weight is 340 g/mol. The number of carboxylic acid groups (broad SMARTS) is 1. The fourth-order valence-electron chi connectivity index (χ4n) is 2.86. The van der Waals surface area contributed by atoms with Crippen molar-refractivity contribution in [2.75, 3.05) is 6.61 Å². The predicted octanol–water partition coefficient (Wildman–Crippen LogP) is 2.44. The van der Waals surface area contributed by atoms with Crippen LogP contribution >= 0.6 is 0 Å². The number of aromatic nitrogens is 4. The lowest BCUT2D eigenvalue weighted by Crippen LogP contribution is -2.23. The zero-order valence-corrected chi connectivity index (χ0v) is 13.9. The maximum Gasteiger partial charge on any atom is 0.329 e. The van der Waals surface area contributed by atoms with Gasteiger partial charge >= 0.3 is 5.97 Å². The molecule has 2 aromatic heterocycles. The third kappa shape index (κ3) is 3.18. The highest BCUT2D eigenvalue weighted by Gasteiger charge is 2.27.